The standard InChI is InChI=1S/C13H19N3O2/c1-16-5-4-10-6-9(2-3-12(10)16)7-15-13(18)11(14)8-17/h2-3,6,11,17H,4-5,7-8,14H2,1H3,(H,15,18). The van der Waals surface area contributed by atoms with Gasteiger partial charge in [0.25, 0.3) is 0 Å². The molecule has 4 N–H and O–H groups in total. The van der Waals surface area contributed by atoms with Crippen molar-refractivity contribution in [2.75, 3.05) is 25.1 Å². The van der Waals surface area contributed by atoms with Gasteiger partial charge in [-0.15, -0.1) is 0 Å². The van der Waals surface area contributed by atoms with Crippen molar-refractivity contribution >= 4 is 11.6 Å². The molecule has 1 heterocycles. The zero-order chi connectivity index (χ0) is 13.1. The van der Waals surface area contributed by atoms with E-state index in [-0.39, 0.29) is 12.5 Å². The first-order chi connectivity index (χ1) is 8.61. The molecule has 5 heteroatoms. The lowest BCUT2D eigenvalue weighted by atomic mass is 10.1. The average molecular weight is 249 g/mol. The van der Waals surface area contributed by atoms with Crippen LogP contribution in [0.1, 0.15) is 11.1 Å². The van der Waals surface area contributed by atoms with Crippen LogP contribution in [-0.2, 0) is 17.8 Å². The van der Waals surface area contributed by atoms with Crippen LogP contribution in [0.25, 0.3) is 0 Å². The van der Waals surface area contributed by atoms with E-state index in [2.05, 4.69) is 29.4 Å². The Morgan fingerprint density at radius 3 is 3.11 bits per heavy atom. The van der Waals surface area contributed by atoms with Gasteiger partial charge in [-0.2, -0.15) is 0 Å². The Balaban J connectivity index is 1.97. The lowest BCUT2D eigenvalue weighted by Gasteiger charge is -2.13. The van der Waals surface area contributed by atoms with Crippen molar-refractivity contribution in [1.29, 1.82) is 0 Å². The summed E-state index contributed by atoms with van der Waals surface area (Å²) < 4.78 is 0. The van der Waals surface area contributed by atoms with Crippen molar-refractivity contribution in [3.63, 3.8) is 0 Å². The minimum atomic E-state index is -0.842. The second-order valence-electron chi connectivity index (χ2n) is 4.64. The fourth-order valence-corrected chi connectivity index (χ4v) is 2.13. The minimum absolute atomic E-state index is 0.324. The Hall–Kier alpha value is -1.59. The molecule has 1 aromatic carbocycles. The van der Waals surface area contributed by atoms with Crippen molar-refractivity contribution < 1.29 is 9.90 Å². The fraction of sp³-hybridized carbons (Fsp3) is 0.462. The number of aliphatic hydroxyl groups excluding tert-OH is 1. The highest BCUT2D eigenvalue weighted by molar-refractivity contribution is 5.81. The molecule has 5 nitrogen and oxygen atoms in total. The van der Waals surface area contributed by atoms with Gasteiger partial charge < -0.3 is 21.1 Å². The number of hydrogen-bond donors (Lipinski definition) is 3. The normalized spacial score (nSPS) is 15.4. The van der Waals surface area contributed by atoms with Crippen LogP contribution in [0.3, 0.4) is 0 Å². The van der Waals surface area contributed by atoms with Crippen LogP contribution in [-0.4, -0.2) is 37.3 Å². The number of likely N-dealkylation sites (N-methyl/N-ethyl adjacent to an activating group) is 1. The van der Waals surface area contributed by atoms with Crippen molar-refractivity contribution in [2.24, 2.45) is 5.73 Å². The highest BCUT2D eigenvalue weighted by atomic mass is 16.3. The summed E-state index contributed by atoms with van der Waals surface area (Å²) in [6.07, 6.45) is 1.05. The van der Waals surface area contributed by atoms with Gasteiger partial charge in [-0.25, -0.2) is 0 Å². The quantitative estimate of drug-likeness (QED) is 0.679. The number of anilines is 1. The summed E-state index contributed by atoms with van der Waals surface area (Å²) >= 11 is 0. The summed E-state index contributed by atoms with van der Waals surface area (Å²) in [5.41, 5.74) is 9.05. The number of carbonyl (C=O) groups excluding carboxylic acids is 1. The van der Waals surface area contributed by atoms with E-state index in [9.17, 15) is 4.79 Å². The van der Waals surface area contributed by atoms with E-state index in [4.69, 9.17) is 10.8 Å². The van der Waals surface area contributed by atoms with Gasteiger partial charge in [0.05, 0.1) is 6.61 Å². The van der Waals surface area contributed by atoms with E-state index in [0.717, 1.165) is 18.5 Å². The molecule has 0 spiro atoms. The molecule has 0 fully saturated rings. The molecule has 2 rings (SSSR count). The highest BCUT2D eigenvalue weighted by Gasteiger charge is 2.16. The molecule has 0 saturated heterocycles. The third-order valence-electron chi connectivity index (χ3n) is 3.27. The summed E-state index contributed by atoms with van der Waals surface area (Å²) in [5, 5.41) is 11.5. The number of aliphatic hydroxyl groups is 1. The molecule has 0 bridgehead atoms. The van der Waals surface area contributed by atoms with E-state index >= 15 is 0 Å². The van der Waals surface area contributed by atoms with Gasteiger partial charge in [0.2, 0.25) is 5.91 Å². The third kappa shape index (κ3) is 2.63. The Labute approximate surface area is 107 Å². The number of fused-ring (bicyclic) bond motifs is 1. The summed E-state index contributed by atoms with van der Waals surface area (Å²) in [6, 6.07) is 5.36. The van der Waals surface area contributed by atoms with Crippen LogP contribution in [0.5, 0.6) is 0 Å². The van der Waals surface area contributed by atoms with Crippen LogP contribution < -0.4 is 16.0 Å². The van der Waals surface area contributed by atoms with Crippen molar-refractivity contribution in [2.45, 2.75) is 19.0 Å². The summed E-state index contributed by atoms with van der Waals surface area (Å²) in [6.45, 7) is 1.16. The van der Waals surface area contributed by atoms with Gasteiger partial charge >= 0.3 is 0 Å². The van der Waals surface area contributed by atoms with Gasteiger partial charge in [-0.3, -0.25) is 4.79 Å². The van der Waals surface area contributed by atoms with E-state index < -0.39 is 6.04 Å². The van der Waals surface area contributed by atoms with E-state index in [1.54, 1.807) is 0 Å². The fourth-order valence-electron chi connectivity index (χ4n) is 2.13. The van der Waals surface area contributed by atoms with Crippen molar-refractivity contribution in [3.05, 3.63) is 29.3 Å². The number of nitrogens with one attached hydrogen (secondary N) is 1. The summed E-state index contributed by atoms with van der Waals surface area (Å²) in [4.78, 5) is 13.7. The lowest BCUT2D eigenvalue weighted by molar-refractivity contribution is -0.123. The molecule has 1 unspecified atom stereocenters. The summed E-state index contributed by atoms with van der Waals surface area (Å²) in [7, 11) is 2.08. The number of nitrogens with zero attached hydrogens (tertiary/aromatic N) is 1. The molecule has 18 heavy (non-hydrogen) atoms. The van der Waals surface area contributed by atoms with Crippen LogP contribution in [0.15, 0.2) is 18.2 Å². The molecular weight excluding hydrogens is 230 g/mol. The number of rotatable bonds is 4. The van der Waals surface area contributed by atoms with Crippen LogP contribution >= 0.6 is 0 Å². The number of benzene rings is 1. The predicted molar refractivity (Wildman–Crippen MR) is 70.3 cm³/mol. The molecule has 98 valence electrons. The number of nitrogens with two attached hydrogens (primary N) is 1. The van der Waals surface area contributed by atoms with Gasteiger partial charge in [0.15, 0.2) is 0 Å². The maximum absolute atomic E-state index is 11.4. The maximum Gasteiger partial charge on any atom is 0.239 e. The number of carbonyl (C=O) groups is 1. The molecule has 1 aromatic rings. The minimum Gasteiger partial charge on any atom is -0.394 e. The second-order valence-corrected chi connectivity index (χ2v) is 4.64. The monoisotopic (exact) mass is 249 g/mol. The third-order valence-corrected chi connectivity index (χ3v) is 3.27. The van der Waals surface area contributed by atoms with Gasteiger partial charge in [-0.05, 0) is 23.6 Å². The first kappa shape index (κ1) is 12.9. The molecule has 0 aromatic heterocycles. The number of amides is 1. The Kier molecular flexibility index (Phi) is 3.84. The van der Waals surface area contributed by atoms with Crippen molar-refractivity contribution in [3.8, 4) is 0 Å². The van der Waals surface area contributed by atoms with E-state index in [1.165, 1.54) is 11.3 Å². The largest absolute Gasteiger partial charge is 0.394 e. The predicted octanol–water partition coefficient (Wildman–Crippen LogP) is -0.385. The Bertz CT molecular complexity index is 448. The Morgan fingerprint density at radius 2 is 2.39 bits per heavy atom. The van der Waals surface area contributed by atoms with E-state index in [1.807, 2.05) is 6.07 Å². The zero-order valence-corrected chi connectivity index (χ0v) is 10.5. The summed E-state index contributed by atoms with van der Waals surface area (Å²) in [5.74, 6) is -0.324. The molecule has 0 radical (unpaired) electrons. The Morgan fingerprint density at radius 1 is 1.61 bits per heavy atom. The van der Waals surface area contributed by atoms with Gasteiger partial charge in [0.1, 0.15) is 6.04 Å². The van der Waals surface area contributed by atoms with Gasteiger partial charge in [0, 0.05) is 25.8 Å². The first-order valence-electron chi connectivity index (χ1n) is 6.09. The van der Waals surface area contributed by atoms with Crippen LogP contribution in [0.4, 0.5) is 5.69 Å². The highest BCUT2D eigenvalue weighted by Crippen LogP contribution is 2.27. The molecule has 1 atom stereocenters. The zero-order valence-electron chi connectivity index (χ0n) is 10.5. The molecular formula is C13H19N3O2. The van der Waals surface area contributed by atoms with Crippen molar-refractivity contribution in [1.82, 2.24) is 5.32 Å². The first-order valence-corrected chi connectivity index (χ1v) is 6.09. The van der Waals surface area contributed by atoms with E-state index in [0.29, 0.717) is 6.54 Å². The molecule has 0 aliphatic carbocycles. The second kappa shape index (κ2) is 5.37. The maximum atomic E-state index is 11.4. The number of hydrogen-bond acceptors (Lipinski definition) is 4. The molecule has 1 aliphatic rings. The SMILES string of the molecule is CN1CCc2cc(CNC(=O)C(N)CO)ccc21. The van der Waals surface area contributed by atoms with Gasteiger partial charge in [-0.1, -0.05) is 12.1 Å². The average Bonchev–Trinajstić information content (AvgIpc) is 2.76. The van der Waals surface area contributed by atoms with Crippen LogP contribution in [0.2, 0.25) is 0 Å². The molecule has 0 saturated carbocycles. The molecule has 1 amide bonds. The van der Waals surface area contributed by atoms with Crippen LogP contribution in [0, 0.1) is 0 Å². The topological polar surface area (TPSA) is 78.6 Å². The lowest BCUT2D eigenvalue weighted by Crippen LogP contribution is -2.42. The molecule has 1 aliphatic heterocycles. The smallest absolute Gasteiger partial charge is 0.239 e.